The van der Waals surface area contributed by atoms with Crippen molar-refractivity contribution in [3.8, 4) is 11.5 Å². The molecule has 0 spiro atoms. The first-order chi connectivity index (χ1) is 13.3. The highest BCUT2D eigenvalue weighted by atomic mass is 19.1. The van der Waals surface area contributed by atoms with Crippen molar-refractivity contribution in [1.29, 1.82) is 0 Å². The fraction of sp³-hybridized carbons (Fsp3) is 0.316. The summed E-state index contributed by atoms with van der Waals surface area (Å²) in [6.07, 6.45) is 0. The number of nitro groups is 1. The van der Waals surface area contributed by atoms with Crippen LogP contribution in [0.15, 0.2) is 36.4 Å². The predicted octanol–water partition coefficient (Wildman–Crippen LogP) is 1.79. The lowest BCUT2D eigenvalue weighted by Crippen LogP contribution is -3.12. The lowest BCUT2D eigenvalue weighted by atomic mass is 10.1. The number of amides is 1. The monoisotopic (exact) mass is 392 g/mol. The molecule has 0 fully saturated rings. The van der Waals surface area contributed by atoms with Crippen LogP contribution in [0, 0.1) is 15.9 Å². The molecule has 0 aromatic heterocycles. The molecular weight excluding hydrogens is 369 g/mol. The Morgan fingerprint density at radius 3 is 2.46 bits per heavy atom. The van der Waals surface area contributed by atoms with Crippen LogP contribution in [0.25, 0.3) is 0 Å². The largest absolute Gasteiger partial charge is 0.494 e. The maximum absolute atomic E-state index is 13.8. The molecule has 0 bridgehead atoms. The number of nitrogens with zero attached hydrogens (tertiary/aromatic N) is 1. The molecule has 150 valence electrons. The summed E-state index contributed by atoms with van der Waals surface area (Å²) in [5.41, 5.74) is 0.934. The van der Waals surface area contributed by atoms with Gasteiger partial charge in [-0.1, -0.05) is 0 Å². The topological polar surface area (TPSA) is 95.1 Å². The van der Waals surface area contributed by atoms with Crippen LogP contribution in [0.1, 0.15) is 12.5 Å². The fourth-order valence-corrected chi connectivity index (χ4v) is 2.66. The van der Waals surface area contributed by atoms with E-state index in [1.165, 1.54) is 38.5 Å². The molecular formula is C19H23FN3O5+. The molecule has 0 radical (unpaired) electrons. The Morgan fingerprint density at radius 1 is 1.21 bits per heavy atom. The Morgan fingerprint density at radius 2 is 1.89 bits per heavy atom. The van der Waals surface area contributed by atoms with Gasteiger partial charge in [-0.2, -0.15) is 0 Å². The summed E-state index contributed by atoms with van der Waals surface area (Å²) < 4.78 is 23.9. The molecule has 28 heavy (non-hydrogen) atoms. The van der Waals surface area contributed by atoms with E-state index >= 15 is 0 Å². The van der Waals surface area contributed by atoms with Crippen molar-refractivity contribution in [2.75, 3.05) is 26.6 Å². The van der Waals surface area contributed by atoms with Crippen LogP contribution in [0.3, 0.4) is 0 Å². The van der Waals surface area contributed by atoms with Gasteiger partial charge in [-0.15, -0.1) is 0 Å². The molecule has 2 atom stereocenters. The zero-order valence-electron chi connectivity index (χ0n) is 16.1. The highest BCUT2D eigenvalue weighted by Gasteiger charge is 2.24. The number of nitro benzene ring substituents is 1. The molecule has 0 saturated heterocycles. The number of hydrogen-bond donors (Lipinski definition) is 2. The number of methoxy groups -OCH3 is 2. The number of non-ortho nitro benzene ring substituents is 1. The van der Waals surface area contributed by atoms with Gasteiger partial charge in [0.1, 0.15) is 12.3 Å². The van der Waals surface area contributed by atoms with Gasteiger partial charge in [0.2, 0.25) is 0 Å². The van der Waals surface area contributed by atoms with Crippen molar-refractivity contribution in [2.24, 2.45) is 0 Å². The highest BCUT2D eigenvalue weighted by Crippen LogP contribution is 2.29. The second-order valence-electron chi connectivity index (χ2n) is 6.34. The quantitative estimate of drug-likeness (QED) is 0.528. The molecule has 0 aliphatic heterocycles. The summed E-state index contributed by atoms with van der Waals surface area (Å²) in [6.45, 7) is 2.16. The Kier molecular flexibility index (Phi) is 6.89. The Hall–Kier alpha value is -3.20. The van der Waals surface area contributed by atoms with Gasteiger partial charge >= 0.3 is 0 Å². The van der Waals surface area contributed by atoms with Crippen LogP contribution in [-0.4, -0.2) is 38.1 Å². The van der Waals surface area contributed by atoms with E-state index in [4.69, 9.17) is 9.47 Å². The van der Waals surface area contributed by atoms with E-state index in [2.05, 4.69) is 5.32 Å². The second-order valence-corrected chi connectivity index (χ2v) is 6.34. The number of carbonyl (C=O) groups excluding carboxylic acids is 1. The van der Waals surface area contributed by atoms with Gasteiger partial charge < -0.3 is 19.7 Å². The molecule has 2 aromatic carbocycles. The van der Waals surface area contributed by atoms with E-state index in [1.807, 2.05) is 7.05 Å². The number of benzene rings is 2. The maximum Gasteiger partial charge on any atom is 0.282 e. The first-order valence-corrected chi connectivity index (χ1v) is 8.54. The number of hydrogen-bond acceptors (Lipinski definition) is 5. The van der Waals surface area contributed by atoms with E-state index in [-0.39, 0.29) is 23.1 Å². The minimum Gasteiger partial charge on any atom is -0.494 e. The third-order valence-electron chi connectivity index (χ3n) is 4.49. The van der Waals surface area contributed by atoms with Crippen molar-refractivity contribution < 1.29 is 28.5 Å². The predicted molar refractivity (Wildman–Crippen MR) is 101 cm³/mol. The summed E-state index contributed by atoms with van der Waals surface area (Å²) >= 11 is 0. The Labute approximate surface area is 162 Å². The number of quaternary nitrogens is 1. The van der Waals surface area contributed by atoms with Crippen molar-refractivity contribution in [3.63, 3.8) is 0 Å². The number of carbonyl (C=O) groups is 1. The van der Waals surface area contributed by atoms with Crippen LogP contribution >= 0.6 is 0 Å². The summed E-state index contributed by atoms with van der Waals surface area (Å²) in [4.78, 5) is 23.7. The number of nitrogens with one attached hydrogen (secondary N) is 2. The average molecular weight is 392 g/mol. The standard InChI is InChI=1S/C19H22FN3O5/c1-12(22(2)11-13-5-8-17(27-3)15(20)9-13)19(24)21-16-7-6-14(23(25)26)10-18(16)28-4/h5-10,12H,11H2,1-4H3,(H,21,24)/p+1/t12-/m1/s1. The normalized spacial score (nSPS) is 12.8. The van der Waals surface area contributed by atoms with Crippen molar-refractivity contribution >= 4 is 17.3 Å². The minimum atomic E-state index is -0.539. The van der Waals surface area contributed by atoms with Gasteiger partial charge in [-0.05, 0) is 31.2 Å². The third-order valence-corrected chi connectivity index (χ3v) is 4.49. The average Bonchev–Trinajstić information content (AvgIpc) is 2.67. The Balaban J connectivity index is 2.07. The van der Waals surface area contributed by atoms with Crippen LogP contribution < -0.4 is 19.7 Å². The molecule has 1 amide bonds. The molecule has 2 rings (SSSR count). The van der Waals surface area contributed by atoms with Crippen LogP contribution in [0.5, 0.6) is 11.5 Å². The summed E-state index contributed by atoms with van der Waals surface area (Å²) in [5, 5.41) is 13.6. The molecule has 8 nitrogen and oxygen atoms in total. The molecule has 0 aliphatic rings. The first kappa shape index (κ1) is 21.1. The SMILES string of the molecule is COc1ccc(C[NH+](C)[C@H](C)C(=O)Nc2ccc([N+](=O)[O-])cc2OC)cc1F. The van der Waals surface area contributed by atoms with E-state index in [9.17, 15) is 19.3 Å². The van der Waals surface area contributed by atoms with Gasteiger partial charge in [0, 0.05) is 11.6 Å². The lowest BCUT2D eigenvalue weighted by Gasteiger charge is -2.21. The number of ether oxygens (including phenoxy) is 2. The minimum absolute atomic E-state index is 0.132. The van der Waals surface area contributed by atoms with Crippen LogP contribution in [-0.2, 0) is 11.3 Å². The number of halogens is 1. The van der Waals surface area contributed by atoms with Crippen molar-refractivity contribution in [1.82, 2.24) is 0 Å². The maximum atomic E-state index is 13.8. The molecule has 0 heterocycles. The fourth-order valence-electron chi connectivity index (χ4n) is 2.66. The summed E-state index contributed by atoms with van der Waals surface area (Å²) in [7, 11) is 4.58. The number of rotatable bonds is 8. The molecule has 0 saturated carbocycles. The van der Waals surface area contributed by atoms with Gasteiger partial charge in [0.25, 0.3) is 11.6 Å². The summed E-state index contributed by atoms with van der Waals surface area (Å²) in [6, 6.07) is 8.17. The molecule has 0 aliphatic carbocycles. The zero-order chi connectivity index (χ0) is 20.8. The summed E-state index contributed by atoms with van der Waals surface area (Å²) in [5.74, 6) is -0.388. The first-order valence-electron chi connectivity index (χ1n) is 8.54. The van der Waals surface area contributed by atoms with Crippen molar-refractivity contribution in [3.05, 3.63) is 57.9 Å². The number of anilines is 1. The molecule has 2 N–H and O–H groups in total. The molecule has 2 aromatic rings. The van der Waals surface area contributed by atoms with E-state index in [0.717, 1.165) is 10.5 Å². The van der Waals surface area contributed by atoms with Gasteiger partial charge in [0.15, 0.2) is 17.6 Å². The van der Waals surface area contributed by atoms with Crippen LogP contribution in [0.4, 0.5) is 15.8 Å². The highest BCUT2D eigenvalue weighted by molar-refractivity contribution is 5.95. The van der Waals surface area contributed by atoms with Crippen LogP contribution in [0.2, 0.25) is 0 Å². The third kappa shape index (κ3) is 4.95. The second kappa shape index (κ2) is 9.14. The molecule has 9 heteroatoms. The van der Waals surface area contributed by atoms with E-state index in [0.29, 0.717) is 12.2 Å². The van der Waals surface area contributed by atoms with E-state index in [1.54, 1.807) is 19.1 Å². The zero-order valence-corrected chi connectivity index (χ0v) is 16.1. The smallest absolute Gasteiger partial charge is 0.282 e. The van der Waals surface area contributed by atoms with Gasteiger partial charge in [-0.3, -0.25) is 14.9 Å². The number of likely N-dealkylation sites (N-methyl/N-ethyl adjacent to an activating group) is 1. The van der Waals surface area contributed by atoms with Gasteiger partial charge in [-0.25, -0.2) is 4.39 Å². The lowest BCUT2D eigenvalue weighted by molar-refractivity contribution is -0.907. The van der Waals surface area contributed by atoms with Gasteiger partial charge in [0.05, 0.1) is 37.9 Å². The van der Waals surface area contributed by atoms with E-state index < -0.39 is 16.8 Å². The molecule has 1 unspecified atom stereocenters. The van der Waals surface area contributed by atoms with Crippen molar-refractivity contribution in [2.45, 2.75) is 19.5 Å². The Bertz CT molecular complexity index is 875.